The van der Waals surface area contributed by atoms with E-state index in [0.717, 1.165) is 37.8 Å². The van der Waals surface area contributed by atoms with Crippen molar-refractivity contribution < 1.29 is 18.0 Å². The fourth-order valence-electron chi connectivity index (χ4n) is 4.77. The van der Waals surface area contributed by atoms with E-state index in [1.165, 1.54) is 12.1 Å². The summed E-state index contributed by atoms with van der Waals surface area (Å²) >= 11 is 0. The number of anilines is 2. The average molecular weight is 536 g/mol. The van der Waals surface area contributed by atoms with Crippen LogP contribution in [0.25, 0.3) is 0 Å². The van der Waals surface area contributed by atoms with E-state index in [0.29, 0.717) is 48.9 Å². The molecule has 3 aromatic rings. The van der Waals surface area contributed by atoms with Crippen molar-refractivity contribution in [3.05, 3.63) is 53.6 Å². The Hall–Kier alpha value is -3.05. The van der Waals surface area contributed by atoms with E-state index in [2.05, 4.69) is 25.0 Å². The lowest BCUT2D eigenvalue weighted by Gasteiger charge is -2.30. The molecular weight excluding hydrogens is 504 g/mol. The summed E-state index contributed by atoms with van der Waals surface area (Å²) in [5, 5.41) is 4.05. The van der Waals surface area contributed by atoms with Crippen LogP contribution in [-0.4, -0.2) is 58.9 Å². The fraction of sp³-hybridized carbons (Fsp3) is 0.520. The van der Waals surface area contributed by atoms with Crippen LogP contribution >= 0.6 is 12.4 Å². The van der Waals surface area contributed by atoms with Gasteiger partial charge < -0.3 is 24.8 Å². The molecule has 9 nitrogen and oxygen atoms in total. The molecule has 0 saturated carbocycles. The standard InChI is InChI=1S/C25H31F2N7O2.ClH/c1-15(2)23-31-25(36-32-23)33-7-5-16(6-8-33)14-35-18-10-29-24(30-11-18)34-12-20(22(28)13-34)19-4-3-17(26)9-21(19)27;/h3-4,9-11,15-16,20,22H,5-8,12-14,28H2,1-2H3;1H/t20-,22+;/m1./s1. The van der Waals surface area contributed by atoms with Gasteiger partial charge in [-0.15, -0.1) is 12.4 Å². The van der Waals surface area contributed by atoms with Crippen molar-refractivity contribution in [2.45, 2.75) is 44.6 Å². The second-order valence-corrected chi connectivity index (χ2v) is 9.89. The highest BCUT2D eigenvalue weighted by Gasteiger charge is 2.34. The summed E-state index contributed by atoms with van der Waals surface area (Å²) in [7, 11) is 0. The van der Waals surface area contributed by atoms with Gasteiger partial charge in [0.15, 0.2) is 11.6 Å². The van der Waals surface area contributed by atoms with Crippen molar-refractivity contribution in [1.82, 2.24) is 20.1 Å². The molecular formula is C25H32ClF2N7O2. The molecule has 0 bridgehead atoms. The molecule has 37 heavy (non-hydrogen) atoms. The zero-order chi connectivity index (χ0) is 25.2. The highest BCUT2D eigenvalue weighted by Crippen LogP contribution is 2.31. The molecule has 0 amide bonds. The van der Waals surface area contributed by atoms with Crippen LogP contribution < -0.4 is 20.3 Å². The number of rotatable bonds is 7. The molecule has 0 aliphatic carbocycles. The quantitative estimate of drug-likeness (QED) is 0.482. The largest absolute Gasteiger partial charge is 0.490 e. The summed E-state index contributed by atoms with van der Waals surface area (Å²) in [4.78, 5) is 17.4. The van der Waals surface area contributed by atoms with E-state index < -0.39 is 11.6 Å². The molecule has 12 heteroatoms. The number of ether oxygens (including phenoxy) is 1. The van der Waals surface area contributed by atoms with Crippen molar-refractivity contribution in [2.24, 2.45) is 11.7 Å². The molecule has 200 valence electrons. The number of piperidine rings is 1. The van der Waals surface area contributed by atoms with Gasteiger partial charge in [0.05, 0.1) is 19.0 Å². The Kier molecular flexibility index (Phi) is 8.43. The third-order valence-corrected chi connectivity index (χ3v) is 6.94. The van der Waals surface area contributed by atoms with Gasteiger partial charge in [-0.2, -0.15) is 4.98 Å². The van der Waals surface area contributed by atoms with Gasteiger partial charge >= 0.3 is 6.01 Å². The third-order valence-electron chi connectivity index (χ3n) is 6.94. The van der Waals surface area contributed by atoms with E-state index in [-0.39, 0.29) is 30.3 Å². The minimum absolute atomic E-state index is 0. The summed E-state index contributed by atoms with van der Waals surface area (Å²) in [6.07, 6.45) is 5.23. The van der Waals surface area contributed by atoms with Crippen molar-refractivity contribution in [3.63, 3.8) is 0 Å². The number of aromatic nitrogens is 4. The molecule has 2 atom stereocenters. The SMILES string of the molecule is CC(C)c1noc(N2CCC(COc3cnc(N4C[C@H](c5ccc(F)cc5F)[C@@H](N)C4)nc3)CC2)n1.Cl. The van der Waals surface area contributed by atoms with E-state index in [1.807, 2.05) is 18.7 Å². The molecule has 4 heterocycles. The lowest BCUT2D eigenvalue weighted by Crippen LogP contribution is -2.35. The van der Waals surface area contributed by atoms with Gasteiger partial charge in [-0.1, -0.05) is 25.1 Å². The first-order valence-corrected chi connectivity index (χ1v) is 12.4. The van der Waals surface area contributed by atoms with Crippen LogP contribution in [-0.2, 0) is 0 Å². The number of nitrogens with two attached hydrogens (primary N) is 1. The number of hydrogen-bond donors (Lipinski definition) is 1. The Morgan fingerprint density at radius 2 is 1.84 bits per heavy atom. The molecule has 2 saturated heterocycles. The van der Waals surface area contributed by atoms with E-state index >= 15 is 0 Å². The number of nitrogens with zero attached hydrogens (tertiary/aromatic N) is 6. The Morgan fingerprint density at radius 3 is 2.49 bits per heavy atom. The molecule has 2 aliphatic rings. The minimum atomic E-state index is -0.601. The molecule has 2 N–H and O–H groups in total. The zero-order valence-electron chi connectivity index (χ0n) is 20.9. The van der Waals surface area contributed by atoms with Crippen LogP contribution in [0.3, 0.4) is 0 Å². The summed E-state index contributed by atoms with van der Waals surface area (Å²) in [5.41, 5.74) is 6.68. The number of halogens is 3. The lowest BCUT2D eigenvalue weighted by atomic mass is 9.94. The third kappa shape index (κ3) is 6.10. The maximum atomic E-state index is 14.3. The van der Waals surface area contributed by atoms with Gasteiger partial charge in [-0.3, -0.25) is 0 Å². The Bertz CT molecular complexity index is 1170. The molecule has 2 fully saturated rings. The van der Waals surface area contributed by atoms with Crippen LogP contribution in [0, 0.1) is 17.6 Å². The Balaban J connectivity index is 0.00000320. The van der Waals surface area contributed by atoms with E-state index in [4.69, 9.17) is 15.0 Å². The minimum Gasteiger partial charge on any atom is -0.490 e. The van der Waals surface area contributed by atoms with Crippen molar-refractivity contribution in [1.29, 1.82) is 0 Å². The zero-order valence-corrected chi connectivity index (χ0v) is 21.7. The van der Waals surface area contributed by atoms with Crippen molar-refractivity contribution in [3.8, 4) is 5.75 Å². The van der Waals surface area contributed by atoms with Gasteiger partial charge in [-0.25, -0.2) is 18.7 Å². The van der Waals surface area contributed by atoms with Crippen LogP contribution in [0.2, 0.25) is 0 Å². The first kappa shape index (κ1) is 27.0. The topological polar surface area (TPSA) is 106 Å². The average Bonchev–Trinajstić information content (AvgIpc) is 3.51. The Labute approximate surface area is 220 Å². The summed E-state index contributed by atoms with van der Waals surface area (Å²) < 4.78 is 38.9. The monoisotopic (exact) mass is 535 g/mol. The predicted octanol–water partition coefficient (Wildman–Crippen LogP) is 3.91. The highest BCUT2D eigenvalue weighted by atomic mass is 35.5. The summed E-state index contributed by atoms with van der Waals surface area (Å²) in [5.74, 6) is 1.05. The molecule has 1 aromatic carbocycles. The molecule has 0 spiro atoms. The normalized spacial score (nSPS) is 20.4. The lowest BCUT2D eigenvalue weighted by molar-refractivity contribution is 0.219. The van der Waals surface area contributed by atoms with Gasteiger partial charge in [0.2, 0.25) is 5.95 Å². The first-order valence-electron chi connectivity index (χ1n) is 12.4. The second kappa shape index (κ2) is 11.6. The van der Waals surface area contributed by atoms with Gasteiger partial charge in [0.25, 0.3) is 0 Å². The van der Waals surface area contributed by atoms with Crippen LogP contribution in [0.1, 0.15) is 49.9 Å². The molecule has 2 aromatic heterocycles. The van der Waals surface area contributed by atoms with Crippen LogP contribution in [0.15, 0.2) is 35.1 Å². The first-order chi connectivity index (χ1) is 17.4. The van der Waals surface area contributed by atoms with Gasteiger partial charge in [0, 0.05) is 50.1 Å². The maximum absolute atomic E-state index is 14.3. The molecule has 0 radical (unpaired) electrons. The van der Waals surface area contributed by atoms with Crippen LogP contribution in [0.4, 0.5) is 20.7 Å². The van der Waals surface area contributed by atoms with Crippen LogP contribution in [0.5, 0.6) is 5.75 Å². The van der Waals surface area contributed by atoms with E-state index in [9.17, 15) is 8.78 Å². The number of benzene rings is 1. The number of hydrogen-bond acceptors (Lipinski definition) is 9. The maximum Gasteiger partial charge on any atom is 0.324 e. The Morgan fingerprint density at radius 1 is 1.11 bits per heavy atom. The van der Waals surface area contributed by atoms with E-state index in [1.54, 1.807) is 12.4 Å². The molecule has 0 unspecified atom stereocenters. The van der Waals surface area contributed by atoms with Crippen molar-refractivity contribution in [2.75, 3.05) is 42.6 Å². The second-order valence-electron chi connectivity index (χ2n) is 9.89. The van der Waals surface area contributed by atoms with Gasteiger partial charge in [0.1, 0.15) is 11.6 Å². The van der Waals surface area contributed by atoms with Crippen molar-refractivity contribution >= 4 is 24.4 Å². The fourth-order valence-corrected chi connectivity index (χ4v) is 4.77. The van der Waals surface area contributed by atoms with Gasteiger partial charge in [-0.05, 0) is 30.4 Å². The molecule has 2 aliphatic heterocycles. The smallest absolute Gasteiger partial charge is 0.324 e. The molecule has 5 rings (SSSR count). The highest BCUT2D eigenvalue weighted by molar-refractivity contribution is 5.85. The summed E-state index contributed by atoms with van der Waals surface area (Å²) in [6.45, 7) is 7.29. The summed E-state index contributed by atoms with van der Waals surface area (Å²) in [6, 6.07) is 3.90. The predicted molar refractivity (Wildman–Crippen MR) is 137 cm³/mol.